The Kier molecular flexibility index (Phi) is 7.04. The lowest BCUT2D eigenvalue weighted by atomic mass is 10.4. The van der Waals surface area contributed by atoms with Gasteiger partial charge in [-0.1, -0.05) is 13.8 Å². The maximum Gasteiger partial charge on any atom is 0.211 e. The van der Waals surface area contributed by atoms with Crippen LogP contribution in [0.3, 0.4) is 0 Å². The number of aryl methyl sites for hydroxylation is 1. The highest BCUT2D eigenvalue weighted by Gasteiger charge is 2.08. The summed E-state index contributed by atoms with van der Waals surface area (Å²) < 4.78 is 27.8. The van der Waals surface area contributed by atoms with Crippen LogP contribution in [0.5, 0.6) is 0 Å². The first-order chi connectivity index (χ1) is 8.99. The normalized spacial score (nSPS) is 12.2. The molecule has 1 aromatic rings. The van der Waals surface area contributed by atoms with Crippen LogP contribution >= 0.6 is 0 Å². The molecule has 0 saturated carbocycles. The van der Waals surface area contributed by atoms with E-state index in [0.29, 0.717) is 19.0 Å². The first kappa shape index (κ1) is 16.1. The van der Waals surface area contributed by atoms with Crippen LogP contribution < -0.4 is 10.0 Å². The minimum atomic E-state index is -3.14. The average molecular weight is 288 g/mol. The molecule has 0 atom stereocenters. The van der Waals surface area contributed by atoms with E-state index in [-0.39, 0.29) is 5.75 Å². The number of sulfonamides is 1. The van der Waals surface area contributed by atoms with Gasteiger partial charge in [-0.15, -0.1) is 0 Å². The summed E-state index contributed by atoms with van der Waals surface area (Å²) in [5.74, 6) is 0.175. The third-order valence-electron chi connectivity index (χ3n) is 2.59. The van der Waals surface area contributed by atoms with Crippen LogP contribution in [0.1, 0.15) is 26.7 Å². The standard InChI is InChI=1S/C12H24N4O2S/c1-12(2)13-6-5-11-19(17,18)15-8-4-10-16-9-3-7-14-16/h3,7,9,12-13,15H,4-6,8,10-11H2,1-2H3. The van der Waals surface area contributed by atoms with E-state index in [9.17, 15) is 8.42 Å². The van der Waals surface area contributed by atoms with Gasteiger partial charge in [-0.25, -0.2) is 13.1 Å². The summed E-state index contributed by atoms with van der Waals surface area (Å²) >= 11 is 0. The second kappa shape index (κ2) is 8.29. The zero-order chi connectivity index (χ0) is 14.1. The summed E-state index contributed by atoms with van der Waals surface area (Å²) in [5, 5.41) is 7.26. The molecule has 0 bridgehead atoms. The van der Waals surface area contributed by atoms with Gasteiger partial charge >= 0.3 is 0 Å². The molecule has 0 radical (unpaired) electrons. The number of rotatable bonds is 10. The van der Waals surface area contributed by atoms with Crippen molar-refractivity contribution in [2.75, 3.05) is 18.8 Å². The fourth-order valence-electron chi connectivity index (χ4n) is 1.63. The zero-order valence-electron chi connectivity index (χ0n) is 11.7. The van der Waals surface area contributed by atoms with E-state index in [1.807, 2.05) is 26.1 Å². The topological polar surface area (TPSA) is 76.0 Å². The van der Waals surface area contributed by atoms with E-state index in [2.05, 4.69) is 15.1 Å². The van der Waals surface area contributed by atoms with Crippen molar-refractivity contribution in [1.82, 2.24) is 19.8 Å². The predicted molar refractivity (Wildman–Crippen MR) is 76.4 cm³/mol. The molecule has 0 fully saturated rings. The van der Waals surface area contributed by atoms with Crippen molar-refractivity contribution in [3.63, 3.8) is 0 Å². The van der Waals surface area contributed by atoms with Crippen molar-refractivity contribution < 1.29 is 8.42 Å². The van der Waals surface area contributed by atoms with Crippen molar-refractivity contribution in [2.45, 2.75) is 39.3 Å². The second-order valence-corrected chi connectivity index (χ2v) is 6.72. The lowest BCUT2D eigenvalue weighted by Crippen LogP contribution is -2.31. The average Bonchev–Trinajstić information content (AvgIpc) is 2.83. The quantitative estimate of drug-likeness (QED) is 0.618. The van der Waals surface area contributed by atoms with E-state index >= 15 is 0 Å². The van der Waals surface area contributed by atoms with E-state index in [4.69, 9.17) is 0 Å². The molecule has 0 saturated heterocycles. The first-order valence-corrected chi connectivity index (χ1v) is 8.33. The van der Waals surface area contributed by atoms with Crippen LogP contribution in [0, 0.1) is 0 Å². The smallest absolute Gasteiger partial charge is 0.211 e. The third kappa shape index (κ3) is 7.97. The fraction of sp³-hybridized carbons (Fsp3) is 0.750. The van der Waals surface area contributed by atoms with Crippen molar-refractivity contribution in [2.24, 2.45) is 0 Å². The monoisotopic (exact) mass is 288 g/mol. The molecule has 1 rings (SSSR count). The molecule has 110 valence electrons. The van der Waals surface area contributed by atoms with Crippen LogP contribution in [-0.4, -0.2) is 43.1 Å². The molecule has 0 spiro atoms. The molecule has 6 nitrogen and oxygen atoms in total. The van der Waals surface area contributed by atoms with Gasteiger partial charge in [-0.05, 0) is 25.5 Å². The minimum Gasteiger partial charge on any atom is -0.314 e. The number of aromatic nitrogens is 2. The Labute approximate surface area is 115 Å². The molecule has 1 aromatic heterocycles. The van der Waals surface area contributed by atoms with Crippen molar-refractivity contribution in [3.8, 4) is 0 Å². The maximum absolute atomic E-state index is 11.7. The molecule has 0 aliphatic rings. The van der Waals surface area contributed by atoms with E-state index < -0.39 is 10.0 Å². The Bertz CT molecular complexity index is 429. The molecule has 7 heteroatoms. The van der Waals surface area contributed by atoms with Crippen molar-refractivity contribution in [3.05, 3.63) is 18.5 Å². The first-order valence-electron chi connectivity index (χ1n) is 6.68. The largest absolute Gasteiger partial charge is 0.314 e. The molecule has 0 unspecified atom stereocenters. The Hall–Kier alpha value is -0.920. The molecule has 0 aliphatic heterocycles. The molecule has 0 aromatic carbocycles. The molecule has 19 heavy (non-hydrogen) atoms. The Morgan fingerprint density at radius 2 is 2.05 bits per heavy atom. The third-order valence-corrected chi connectivity index (χ3v) is 4.06. The SMILES string of the molecule is CC(C)NCCCS(=O)(=O)NCCCn1cccn1. The van der Waals surface area contributed by atoms with Gasteiger partial charge in [0.1, 0.15) is 0 Å². The van der Waals surface area contributed by atoms with Gasteiger partial charge in [-0.2, -0.15) is 5.10 Å². The number of nitrogens with one attached hydrogen (secondary N) is 2. The highest BCUT2D eigenvalue weighted by molar-refractivity contribution is 7.89. The summed E-state index contributed by atoms with van der Waals surface area (Å²) in [6, 6.07) is 2.25. The Morgan fingerprint density at radius 3 is 2.68 bits per heavy atom. The van der Waals surface area contributed by atoms with E-state index in [1.54, 1.807) is 10.9 Å². The van der Waals surface area contributed by atoms with Crippen LogP contribution in [-0.2, 0) is 16.6 Å². The van der Waals surface area contributed by atoms with Gasteiger partial charge in [0.15, 0.2) is 0 Å². The zero-order valence-corrected chi connectivity index (χ0v) is 12.5. The molecule has 2 N–H and O–H groups in total. The highest BCUT2D eigenvalue weighted by Crippen LogP contribution is 1.92. The summed E-state index contributed by atoms with van der Waals surface area (Å²) in [6.45, 7) is 6.00. The molecular weight excluding hydrogens is 264 g/mol. The summed E-state index contributed by atoms with van der Waals surface area (Å²) in [5.41, 5.74) is 0. The van der Waals surface area contributed by atoms with Crippen LogP contribution in [0.2, 0.25) is 0 Å². The summed E-state index contributed by atoms with van der Waals surface area (Å²) in [4.78, 5) is 0. The van der Waals surface area contributed by atoms with E-state index in [0.717, 1.165) is 19.5 Å². The number of nitrogens with zero attached hydrogens (tertiary/aromatic N) is 2. The lowest BCUT2D eigenvalue weighted by molar-refractivity contribution is 0.545. The van der Waals surface area contributed by atoms with Crippen LogP contribution in [0.15, 0.2) is 18.5 Å². The van der Waals surface area contributed by atoms with E-state index in [1.165, 1.54) is 0 Å². The predicted octanol–water partition coefficient (Wildman–Crippen LogP) is 0.581. The second-order valence-electron chi connectivity index (χ2n) is 4.80. The summed E-state index contributed by atoms with van der Waals surface area (Å²) in [7, 11) is -3.14. The van der Waals surface area contributed by atoms with Gasteiger partial charge in [0.2, 0.25) is 10.0 Å². The van der Waals surface area contributed by atoms with Crippen molar-refractivity contribution in [1.29, 1.82) is 0 Å². The number of hydrogen-bond acceptors (Lipinski definition) is 4. The fourth-order valence-corrected chi connectivity index (χ4v) is 2.75. The van der Waals surface area contributed by atoms with Gasteiger partial charge < -0.3 is 5.32 Å². The Morgan fingerprint density at radius 1 is 1.26 bits per heavy atom. The van der Waals surface area contributed by atoms with Crippen LogP contribution in [0.25, 0.3) is 0 Å². The lowest BCUT2D eigenvalue weighted by Gasteiger charge is -2.09. The number of hydrogen-bond donors (Lipinski definition) is 2. The summed E-state index contributed by atoms with van der Waals surface area (Å²) in [6.07, 6.45) is 4.95. The highest BCUT2D eigenvalue weighted by atomic mass is 32.2. The molecule has 1 heterocycles. The van der Waals surface area contributed by atoms with Gasteiger partial charge in [0.05, 0.1) is 5.75 Å². The van der Waals surface area contributed by atoms with Gasteiger partial charge in [-0.3, -0.25) is 4.68 Å². The Balaban J connectivity index is 2.09. The van der Waals surface area contributed by atoms with Gasteiger partial charge in [0.25, 0.3) is 0 Å². The van der Waals surface area contributed by atoms with Gasteiger partial charge in [0, 0.05) is 31.5 Å². The van der Waals surface area contributed by atoms with Crippen molar-refractivity contribution >= 4 is 10.0 Å². The maximum atomic E-state index is 11.7. The van der Waals surface area contributed by atoms with Crippen LogP contribution in [0.4, 0.5) is 0 Å². The molecule has 0 amide bonds. The molecular formula is C12H24N4O2S. The minimum absolute atomic E-state index is 0.175. The molecule has 0 aliphatic carbocycles.